The average molecular weight is 538 g/mol. The van der Waals surface area contributed by atoms with Crippen molar-refractivity contribution in [2.24, 2.45) is 17.3 Å². The molecule has 3 aliphatic rings. The summed E-state index contributed by atoms with van der Waals surface area (Å²) in [6.07, 6.45) is 4.03. The standard InChI is InChI=1S/C31H43N3O3S/c1-24(2)19-33-22-27(29(23-33)26-7-5-4-6-8-26)21-32-16-13-31(14-17-32)15-18-34(30(31)35)20-25-9-11-28(12-10-25)38(3,36)37/h4-12,24,27,29H,13-23H2,1-3H3/t27-,29?/m0/s1. The van der Waals surface area contributed by atoms with Crippen LogP contribution in [0.4, 0.5) is 0 Å². The maximum atomic E-state index is 13.6. The van der Waals surface area contributed by atoms with Crippen LogP contribution in [-0.2, 0) is 21.2 Å². The molecule has 38 heavy (non-hydrogen) atoms. The van der Waals surface area contributed by atoms with E-state index in [1.807, 2.05) is 17.0 Å². The van der Waals surface area contributed by atoms with Crippen LogP contribution in [0.15, 0.2) is 59.5 Å². The van der Waals surface area contributed by atoms with Crippen LogP contribution < -0.4 is 0 Å². The molecule has 0 aromatic heterocycles. The zero-order valence-electron chi connectivity index (χ0n) is 23.2. The molecule has 1 spiro atoms. The number of piperidine rings is 1. The molecule has 2 aromatic rings. The second kappa shape index (κ2) is 11.1. The summed E-state index contributed by atoms with van der Waals surface area (Å²) in [4.78, 5) is 21.1. The van der Waals surface area contributed by atoms with Gasteiger partial charge in [0.25, 0.3) is 0 Å². The molecular weight excluding hydrogens is 494 g/mol. The number of carbonyl (C=O) groups excluding carboxylic acids is 1. The molecule has 2 aromatic carbocycles. The predicted octanol–water partition coefficient (Wildman–Crippen LogP) is 4.28. The van der Waals surface area contributed by atoms with E-state index in [9.17, 15) is 13.2 Å². The van der Waals surface area contributed by atoms with Crippen LogP contribution >= 0.6 is 0 Å². The van der Waals surface area contributed by atoms with E-state index < -0.39 is 9.84 Å². The molecule has 0 aliphatic carbocycles. The Kier molecular flexibility index (Phi) is 7.99. The van der Waals surface area contributed by atoms with Crippen LogP contribution in [0.25, 0.3) is 0 Å². The SMILES string of the molecule is CC(C)CN1CC(c2ccccc2)[C@@H](CN2CCC3(CC2)CCN(Cc2ccc(S(C)(=O)=O)cc2)C3=O)C1. The van der Waals surface area contributed by atoms with E-state index in [-0.39, 0.29) is 11.3 Å². The Balaban J connectivity index is 1.18. The molecule has 3 aliphatic heterocycles. The van der Waals surface area contributed by atoms with Gasteiger partial charge in [0.15, 0.2) is 9.84 Å². The summed E-state index contributed by atoms with van der Waals surface area (Å²) >= 11 is 0. The van der Waals surface area contributed by atoms with Crippen LogP contribution in [0, 0.1) is 17.3 Å². The highest BCUT2D eigenvalue weighted by Gasteiger charge is 2.48. The number of benzene rings is 2. The summed E-state index contributed by atoms with van der Waals surface area (Å²) in [5.41, 5.74) is 2.23. The van der Waals surface area contributed by atoms with Crippen LogP contribution in [0.5, 0.6) is 0 Å². The number of sulfone groups is 1. The maximum Gasteiger partial charge on any atom is 0.229 e. The van der Waals surface area contributed by atoms with Crippen molar-refractivity contribution in [1.82, 2.24) is 14.7 Å². The summed E-state index contributed by atoms with van der Waals surface area (Å²) in [7, 11) is -3.21. The van der Waals surface area contributed by atoms with Gasteiger partial charge in [-0.15, -0.1) is 0 Å². The lowest BCUT2D eigenvalue weighted by molar-refractivity contribution is -0.139. The van der Waals surface area contributed by atoms with Gasteiger partial charge in [0, 0.05) is 51.4 Å². The van der Waals surface area contributed by atoms with Gasteiger partial charge < -0.3 is 14.7 Å². The van der Waals surface area contributed by atoms with Crippen molar-refractivity contribution >= 4 is 15.7 Å². The van der Waals surface area contributed by atoms with Crippen molar-refractivity contribution in [2.75, 3.05) is 52.1 Å². The van der Waals surface area contributed by atoms with E-state index in [0.29, 0.717) is 29.2 Å². The molecule has 2 atom stereocenters. The molecule has 206 valence electrons. The lowest BCUT2D eigenvalue weighted by Crippen LogP contribution is -2.46. The van der Waals surface area contributed by atoms with E-state index in [4.69, 9.17) is 0 Å². The Morgan fingerprint density at radius 3 is 2.18 bits per heavy atom. The van der Waals surface area contributed by atoms with Gasteiger partial charge in [-0.2, -0.15) is 0 Å². The number of rotatable bonds is 8. The highest BCUT2D eigenvalue weighted by Crippen LogP contribution is 2.43. The van der Waals surface area contributed by atoms with Gasteiger partial charge >= 0.3 is 0 Å². The Morgan fingerprint density at radius 1 is 0.895 bits per heavy atom. The third kappa shape index (κ3) is 6.00. The first-order chi connectivity index (χ1) is 18.1. The molecule has 0 N–H and O–H groups in total. The van der Waals surface area contributed by atoms with Crippen molar-refractivity contribution in [3.63, 3.8) is 0 Å². The van der Waals surface area contributed by atoms with Crippen molar-refractivity contribution in [3.05, 3.63) is 65.7 Å². The Morgan fingerprint density at radius 2 is 1.55 bits per heavy atom. The summed E-state index contributed by atoms with van der Waals surface area (Å²) in [6.45, 7) is 12.5. The van der Waals surface area contributed by atoms with Crippen LogP contribution in [0.2, 0.25) is 0 Å². The molecule has 3 saturated heterocycles. The first kappa shape index (κ1) is 27.4. The number of amides is 1. The fourth-order valence-corrected chi connectivity index (χ4v) is 7.58. The Labute approximate surface area is 228 Å². The van der Waals surface area contributed by atoms with Gasteiger partial charge in [-0.05, 0) is 67.4 Å². The monoisotopic (exact) mass is 537 g/mol. The molecule has 0 radical (unpaired) electrons. The van der Waals surface area contributed by atoms with Crippen LogP contribution in [-0.4, -0.2) is 81.1 Å². The molecular formula is C31H43N3O3S. The lowest BCUT2D eigenvalue weighted by atomic mass is 9.76. The smallest absolute Gasteiger partial charge is 0.229 e. The molecule has 3 fully saturated rings. The highest BCUT2D eigenvalue weighted by atomic mass is 32.2. The van der Waals surface area contributed by atoms with Crippen molar-refractivity contribution in [1.29, 1.82) is 0 Å². The molecule has 0 saturated carbocycles. The number of likely N-dealkylation sites (tertiary alicyclic amines) is 3. The molecule has 1 amide bonds. The summed E-state index contributed by atoms with van der Waals surface area (Å²) in [5.74, 6) is 2.16. The topological polar surface area (TPSA) is 60.9 Å². The van der Waals surface area contributed by atoms with Crippen LogP contribution in [0.3, 0.4) is 0 Å². The largest absolute Gasteiger partial charge is 0.338 e. The van der Waals surface area contributed by atoms with Crippen molar-refractivity contribution < 1.29 is 13.2 Å². The van der Waals surface area contributed by atoms with Gasteiger partial charge in [-0.3, -0.25) is 4.79 Å². The number of hydrogen-bond acceptors (Lipinski definition) is 5. The second-order valence-corrected chi connectivity index (χ2v) is 14.4. The van der Waals surface area contributed by atoms with Crippen molar-refractivity contribution in [3.8, 4) is 0 Å². The predicted molar refractivity (Wildman–Crippen MR) is 152 cm³/mol. The van der Waals surface area contributed by atoms with E-state index in [0.717, 1.165) is 70.6 Å². The first-order valence-corrected chi connectivity index (χ1v) is 16.1. The molecule has 1 unspecified atom stereocenters. The average Bonchev–Trinajstić information content (AvgIpc) is 3.41. The number of nitrogens with zero attached hydrogens (tertiary/aromatic N) is 3. The summed E-state index contributed by atoms with van der Waals surface area (Å²) in [6, 6.07) is 18.0. The fraction of sp³-hybridized carbons (Fsp3) is 0.581. The Hall–Kier alpha value is -2.22. The minimum absolute atomic E-state index is 0.221. The minimum Gasteiger partial charge on any atom is -0.338 e. The zero-order valence-corrected chi connectivity index (χ0v) is 24.0. The quantitative estimate of drug-likeness (QED) is 0.503. The summed E-state index contributed by atoms with van der Waals surface area (Å²) < 4.78 is 23.5. The third-order valence-corrected chi connectivity index (χ3v) is 10.1. The maximum absolute atomic E-state index is 13.6. The molecule has 3 heterocycles. The van der Waals surface area contributed by atoms with Gasteiger partial charge in [-0.25, -0.2) is 8.42 Å². The summed E-state index contributed by atoms with van der Waals surface area (Å²) in [5, 5.41) is 0. The van der Waals surface area contributed by atoms with Gasteiger partial charge in [0.05, 0.1) is 10.3 Å². The van der Waals surface area contributed by atoms with E-state index in [2.05, 4.69) is 54.0 Å². The van der Waals surface area contributed by atoms with Gasteiger partial charge in [0.1, 0.15) is 0 Å². The van der Waals surface area contributed by atoms with E-state index in [1.165, 1.54) is 11.8 Å². The Bertz CT molecular complexity index is 1200. The first-order valence-electron chi connectivity index (χ1n) is 14.2. The normalized spacial score (nSPS) is 24.6. The highest BCUT2D eigenvalue weighted by molar-refractivity contribution is 7.90. The molecule has 5 rings (SSSR count). The molecule has 6 nitrogen and oxygen atoms in total. The van der Waals surface area contributed by atoms with E-state index >= 15 is 0 Å². The third-order valence-electron chi connectivity index (χ3n) is 9.00. The fourth-order valence-electron chi connectivity index (χ4n) is 6.95. The molecule has 7 heteroatoms. The number of hydrogen-bond donors (Lipinski definition) is 0. The second-order valence-electron chi connectivity index (χ2n) is 12.4. The minimum atomic E-state index is -3.21. The van der Waals surface area contributed by atoms with Gasteiger partial charge in [0.2, 0.25) is 5.91 Å². The number of carbonyl (C=O) groups is 1. The van der Waals surface area contributed by atoms with Crippen LogP contribution in [0.1, 0.15) is 50.2 Å². The van der Waals surface area contributed by atoms with E-state index in [1.54, 1.807) is 12.1 Å². The lowest BCUT2D eigenvalue weighted by Gasteiger charge is -2.39. The van der Waals surface area contributed by atoms with Gasteiger partial charge in [-0.1, -0.05) is 56.3 Å². The van der Waals surface area contributed by atoms with Crippen molar-refractivity contribution in [2.45, 2.75) is 50.5 Å². The zero-order chi connectivity index (χ0) is 26.9. The molecule has 0 bridgehead atoms.